The average Bonchev–Trinajstić information content (AvgIpc) is 2.42. The molecule has 1 fully saturated rings. The third-order valence-corrected chi connectivity index (χ3v) is 3.57. The molecule has 3 nitrogen and oxygen atoms in total. The number of methoxy groups -OCH3 is 1. The summed E-state index contributed by atoms with van der Waals surface area (Å²) < 4.78 is 5.07. The molecule has 0 bridgehead atoms. The van der Waals surface area contributed by atoms with E-state index >= 15 is 0 Å². The standard InChI is InChI=1S/C15H16O3/c1-3-4-12-13(9-16)14(15(12)17)10-5-7-11(18-2)8-6-10/h3,5-9,12-14H,1,4H2,2H3/t12-,13-,14?/m0/s1. The number of aldehydes is 1. The molecule has 3 atom stereocenters. The Bertz CT molecular complexity index is 461. The lowest BCUT2D eigenvalue weighted by atomic mass is 9.60. The van der Waals surface area contributed by atoms with E-state index in [1.54, 1.807) is 13.2 Å². The van der Waals surface area contributed by atoms with Crippen molar-refractivity contribution in [3.05, 3.63) is 42.5 Å². The van der Waals surface area contributed by atoms with E-state index in [1.807, 2.05) is 24.3 Å². The van der Waals surface area contributed by atoms with Crippen molar-refractivity contribution in [2.45, 2.75) is 12.3 Å². The molecule has 94 valence electrons. The summed E-state index contributed by atoms with van der Waals surface area (Å²) in [5.74, 6) is 0.183. The molecule has 0 spiro atoms. The molecule has 1 unspecified atom stereocenters. The Morgan fingerprint density at radius 3 is 2.50 bits per heavy atom. The minimum Gasteiger partial charge on any atom is -0.497 e. The van der Waals surface area contributed by atoms with Gasteiger partial charge in [0.2, 0.25) is 0 Å². The van der Waals surface area contributed by atoms with Crippen LogP contribution in [0, 0.1) is 11.8 Å². The van der Waals surface area contributed by atoms with Crippen LogP contribution in [0.15, 0.2) is 36.9 Å². The first-order valence-corrected chi connectivity index (χ1v) is 5.96. The van der Waals surface area contributed by atoms with E-state index < -0.39 is 0 Å². The van der Waals surface area contributed by atoms with Gasteiger partial charge in [0.05, 0.1) is 13.0 Å². The zero-order valence-electron chi connectivity index (χ0n) is 10.3. The second-order valence-corrected chi connectivity index (χ2v) is 4.50. The minimum absolute atomic E-state index is 0.136. The fourth-order valence-electron chi connectivity index (χ4n) is 2.55. The van der Waals surface area contributed by atoms with Crippen molar-refractivity contribution in [1.82, 2.24) is 0 Å². The zero-order chi connectivity index (χ0) is 13.1. The first kappa shape index (κ1) is 12.6. The Labute approximate surface area is 106 Å². The van der Waals surface area contributed by atoms with Gasteiger partial charge in [-0.2, -0.15) is 0 Å². The number of carbonyl (C=O) groups is 2. The quantitative estimate of drug-likeness (QED) is 0.590. The van der Waals surface area contributed by atoms with Gasteiger partial charge in [0.25, 0.3) is 0 Å². The molecular weight excluding hydrogens is 228 g/mol. The van der Waals surface area contributed by atoms with Crippen molar-refractivity contribution in [2.24, 2.45) is 11.8 Å². The molecule has 1 aliphatic carbocycles. The summed E-state index contributed by atoms with van der Waals surface area (Å²) in [7, 11) is 1.60. The summed E-state index contributed by atoms with van der Waals surface area (Å²) in [6.07, 6.45) is 3.17. The second-order valence-electron chi connectivity index (χ2n) is 4.50. The summed E-state index contributed by atoms with van der Waals surface area (Å²) in [6, 6.07) is 7.32. The molecule has 1 aliphatic rings. The van der Waals surface area contributed by atoms with Crippen LogP contribution in [0.1, 0.15) is 17.9 Å². The maximum absolute atomic E-state index is 12.0. The molecule has 0 heterocycles. The van der Waals surface area contributed by atoms with Crippen LogP contribution in [0.4, 0.5) is 0 Å². The van der Waals surface area contributed by atoms with Crippen LogP contribution < -0.4 is 4.74 Å². The lowest BCUT2D eigenvalue weighted by Crippen LogP contribution is -2.46. The van der Waals surface area contributed by atoms with Gasteiger partial charge in [-0.25, -0.2) is 0 Å². The first-order chi connectivity index (χ1) is 8.72. The van der Waals surface area contributed by atoms with E-state index in [2.05, 4.69) is 6.58 Å². The van der Waals surface area contributed by atoms with Crippen LogP contribution in [0.5, 0.6) is 5.75 Å². The highest BCUT2D eigenvalue weighted by molar-refractivity contribution is 5.99. The van der Waals surface area contributed by atoms with Crippen molar-refractivity contribution in [3.63, 3.8) is 0 Å². The Kier molecular flexibility index (Phi) is 3.60. The number of hydrogen-bond acceptors (Lipinski definition) is 3. The summed E-state index contributed by atoms with van der Waals surface area (Å²) in [5.41, 5.74) is 0.887. The van der Waals surface area contributed by atoms with Gasteiger partial charge in [0, 0.05) is 11.8 Å². The fourth-order valence-corrected chi connectivity index (χ4v) is 2.55. The molecule has 3 heteroatoms. The predicted octanol–water partition coefficient (Wildman–Crippen LogP) is 2.37. The van der Waals surface area contributed by atoms with Crippen molar-refractivity contribution >= 4 is 12.1 Å². The first-order valence-electron chi connectivity index (χ1n) is 5.96. The van der Waals surface area contributed by atoms with Crippen LogP contribution in [0.2, 0.25) is 0 Å². The number of ketones is 1. The maximum Gasteiger partial charge on any atom is 0.145 e. The van der Waals surface area contributed by atoms with Gasteiger partial charge < -0.3 is 9.53 Å². The van der Waals surface area contributed by atoms with Gasteiger partial charge in [0.15, 0.2) is 0 Å². The molecule has 0 aliphatic heterocycles. The summed E-state index contributed by atoms with van der Waals surface area (Å²) in [6.45, 7) is 3.62. The SMILES string of the molecule is C=CC[C@@H]1C(=O)C(c2ccc(OC)cc2)[C@H]1C=O. The second kappa shape index (κ2) is 5.17. The lowest BCUT2D eigenvalue weighted by Gasteiger charge is -2.39. The van der Waals surface area contributed by atoms with E-state index in [4.69, 9.17) is 4.74 Å². The van der Waals surface area contributed by atoms with Crippen molar-refractivity contribution in [3.8, 4) is 5.75 Å². The number of allylic oxidation sites excluding steroid dienone is 1. The molecule has 0 saturated heterocycles. The third kappa shape index (κ3) is 1.96. The number of Topliss-reactive ketones (excluding diaryl/α,β-unsaturated/α-hetero) is 1. The lowest BCUT2D eigenvalue weighted by molar-refractivity contribution is -0.141. The van der Waals surface area contributed by atoms with Crippen LogP contribution in [0.3, 0.4) is 0 Å². The normalized spacial score (nSPS) is 26.3. The van der Waals surface area contributed by atoms with Gasteiger partial charge in [-0.15, -0.1) is 6.58 Å². The molecule has 1 aromatic rings. The van der Waals surface area contributed by atoms with Crippen LogP contribution in [0.25, 0.3) is 0 Å². The fraction of sp³-hybridized carbons (Fsp3) is 0.333. The number of rotatable bonds is 5. The molecule has 18 heavy (non-hydrogen) atoms. The molecular formula is C15H16O3. The predicted molar refractivity (Wildman–Crippen MR) is 68.6 cm³/mol. The van der Waals surface area contributed by atoms with Gasteiger partial charge >= 0.3 is 0 Å². The van der Waals surface area contributed by atoms with E-state index in [0.29, 0.717) is 6.42 Å². The van der Waals surface area contributed by atoms with E-state index in [9.17, 15) is 9.59 Å². The maximum atomic E-state index is 12.0. The Morgan fingerprint density at radius 1 is 1.33 bits per heavy atom. The molecule has 0 aromatic heterocycles. The molecule has 0 radical (unpaired) electrons. The van der Waals surface area contributed by atoms with E-state index in [1.165, 1.54) is 0 Å². The minimum atomic E-state index is -0.293. The van der Waals surface area contributed by atoms with Crippen LogP contribution in [-0.4, -0.2) is 19.2 Å². The highest BCUT2D eigenvalue weighted by atomic mass is 16.5. The molecule has 1 aromatic carbocycles. The highest BCUT2D eigenvalue weighted by Crippen LogP contribution is 2.44. The van der Waals surface area contributed by atoms with E-state index in [0.717, 1.165) is 17.6 Å². The monoisotopic (exact) mass is 244 g/mol. The molecule has 0 N–H and O–H groups in total. The van der Waals surface area contributed by atoms with Crippen molar-refractivity contribution < 1.29 is 14.3 Å². The van der Waals surface area contributed by atoms with Gasteiger partial charge in [-0.3, -0.25) is 4.79 Å². The zero-order valence-corrected chi connectivity index (χ0v) is 10.3. The molecule has 1 saturated carbocycles. The Balaban J connectivity index is 2.20. The topological polar surface area (TPSA) is 43.4 Å². The van der Waals surface area contributed by atoms with Gasteiger partial charge in [-0.05, 0) is 24.1 Å². The number of hydrogen-bond donors (Lipinski definition) is 0. The smallest absolute Gasteiger partial charge is 0.145 e. The van der Waals surface area contributed by atoms with Crippen molar-refractivity contribution in [1.29, 1.82) is 0 Å². The highest BCUT2D eigenvalue weighted by Gasteiger charge is 2.49. The Morgan fingerprint density at radius 2 is 2.00 bits per heavy atom. The van der Waals surface area contributed by atoms with Crippen molar-refractivity contribution in [2.75, 3.05) is 7.11 Å². The summed E-state index contributed by atoms with van der Waals surface area (Å²) in [4.78, 5) is 23.2. The summed E-state index contributed by atoms with van der Waals surface area (Å²) in [5, 5.41) is 0. The van der Waals surface area contributed by atoms with E-state index in [-0.39, 0.29) is 23.5 Å². The van der Waals surface area contributed by atoms with Crippen LogP contribution >= 0.6 is 0 Å². The van der Waals surface area contributed by atoms with Crippen LogP contribution in [-0.2, 0) is 9.59 Å². The largest absolute Gasteiger partial charge is 0.497 e. The summed E-state index contributed by atoms with van der Waals surface area (Å²) >= 11 is 0. The molecule has 2 rings (SSSR count). The van der Waals surface area contributed by atoms with Gasteiger partial charge in [0.1, 0.15) is 17.8 Å². The van der Waals surface area contributed by atoms with Gasteiger partial charge in [-0.1, -0.05) is 18.2 Å². The average molecular weight is 244 g/mol. The Hall–Kier alpha value is -1.90. The number of benzene rings is 1. The molecule has 0 amide bonds. The number of carbonyl (C=O) groups excluding carboxylic acids is 2. The third-order valence-electron chi connectivity index (χ3n) is 3.57. The number of ether oxygens (including phenoxy) is 1.